The molecule has 0 amide bonds. The second kappa shape index (κ2) is 4.94. The molecule has 0 N–H and O–H groups in total. The van der Waals surface area contributed by atoms with Crippen molar-refractivity contribution in [1.29, 1.82) is 0 Å². The maximum atomic E-state index is 11.4. The van der Waals surface area contributed by atoms with Crippen LogP contribution in [0.2, 0.25) is 0 Å². The van der Waals surface area contributed by atoms with Crippen LogP contribution in [0.15, 0.2) is 12.4 Å². The van der Waals surface area contributed by atoms with E-state index in [4.69, 9.17) is 0 Å². The zero-order chi connectivity index (χ0) is 13.1. The Morgan fingerprint density at radius 2 is 2.22 bits per heavy atom. The lowest BCUT2D eigenvalue weighted by molar-refractivity contribution is -0.385. The zero-order valence-corrected chi connectivity index (χ0v) is 9.78. The summed E-state index contributed by atoms with van der Waals surface area (Å²) in [6.07, 6.45) is 2.99. The topological polar surface area (TPSA) is 98.5 Å². The predicted molar refractivity (Wildman–Crippen MR) is 61.0 cm³/mol. The van der Waals surface area contributed by atoms with Crippen molar-refractivity contribution in [3.63, 3.8) is 0 Å². The monoisotopic (exact) mass is 252 g/mol. The number of rotatable bonds is 3. The Hall–Kier alpha value is -2.25. The molecule has 2 rings (SSSR count). The van der Waals surface area contributed by atoms with E-state index in [0.717, 1.165) is 12.4 Å². The van der Waals surface area contributed by atoms with Crippen molar-refractivity contribution in [2.24, 2.45) is 5.92 Å². The Kier molecular flexibility index (Phi) is 3.35. The molecule has 8 nitrogen and oxygen atoms in total. The van der Waals surface area contributed by atoms with Crippen molar-refractivity contribution >= 4 is 17.6 Å². The largest absolute Gasteiger partial charge is 0.469 e. The summed E-state index contributed by atoms with van der Waals surface area (Å²) in [5, 5.41) is 10.5. The van der Waals surface area contributed by atoms with Crippen molar-refractivity contribution in [2.45, 2.75) is 6.42 Å². The number of nitro groups is 1. The number of anilines is 1. The smallest absolute Gasteiger partial charge is 0.310 e. The second-order valence-corrected chi connectivity index (χ2v) is 3.95. The van der Waals surface area contributed by atoms with E-state index in [1.165, 1.54) is 7.11 Å². The first kappa shape index (κ1) is 12.2. The molecular weight excluding hydrogens is 240 g/mol. The molecule has 18 heavy (non-hydrogen) atoms. The van der Waals surface area contributed by atoms with E-state index < -0.39 is 4.92 Å². The van der Waals surface area contributed by atoms with Gasteiger partial charge < -0.3 is 9.64 Å². The number of carbonyl (C=O) groups excluding carboxylic acids is 1. The molecule has 2 heterocycles. The lowest BCUT2D eigenvalue weighted by atomic mass is 10.1. The van der Waals surface area contributed by atoms with Crippen molar-refractivity contribution in [2.75, 3.05) is 25.1 Å². The van der Waals surface area contributed by atoms with Gasteiger partial charge in [0.05, 0.1) is 18.0 Å². The van der Waals surface area contributed by atoms with Crippen LogP contribution < -0.4 is 4.90 Å². The summed E-state index contributed by atoms with van der Waals surface area (Å²) in [4.78, 5) is 30.9. The maximum Gasteiger partial charge on any atom is 0.310 e. The van der Waals surface area contributed by atoms with Crippen LogP contribution in [0, 0.1) is 16.0 Å². The molecule has 0 aliphatic carbocycles. The molecule has 0 aromatic carbocycles. The fourth-order valence-corrected chi connectivity index (χ4v) is 1.87. The molecule has 1 atom stereocenters. The van der Waals surface area contributed by atoms with E-state index in [1.54, 1.807) is 0 Å². The van der Waals surface area contributed by atoms with E-state index in [1.807, 2.05) is 4.90 Å². The predicted octanol–water partition coefficient (Wildman–Crippen LogP) is 0.384. The van der Waals surface area contributed by atoms with Gasteiger partial charge in [-0.2, -0.15) is 0 Å². The Labute approximate surface area is 103 Å². The molecule has 1 aromatic rings. The molecule has 96 valence electrons. The minimum absolute atomic E-state index is 0.150. The summed E-state index contributed by atoms with van der Waals surface area (Å²) in [7, 11) is 1.35. The lowest BCUT2D eigenvalue weighted by Crippen LogP contribution is -2.25. The van der Waals surface area contributed by atoms with E-state index in [-0.39, 0.29) is 17.6 Å². The lowest BCUT2D eigenvalue weighted by Gasteiger charge is -2.14. The minimum atomic E-state index is -0.551. The molecule has 1 unspecified atom stereocenters. The molecule has 8 heteroatoms. The van der Waals surface area contributed by atoms with Crippen LogP contribution in [0.25, 0.3) is 0 Å². The van der Waals surface area contributed by atoms with Gasteiger partial charge in [-0.15, -0.1) is 0 Å². The van der Waals surface area contributed by atoms with Gasteiger partial charge in [-0.05, 0) is 6.42 Å². The van der Waals surface area contributed by atoms with Gasteiger partial charge in [0.1, 0.15) is 12.4 Å². The van der Waals surface area contributed by atoms with Gasteiger partial charge >= 0.3 is 11.7 Å². The van der Waals surface area contributed by atoms with E-state index in [9.17, 15) is 14.9 Å². The second-order valence-electron chi connectivity index (χ2n) is 3.95. The number of ether oxygens (including phenoxy) is 1. The maximum absolute atomic E-state index is 11.4. The molecule has 1 aliphatic rings. The van der Waals surface area contributed by atoms with Crippen molar-refractivity contribution in [3.05, 3.63) is 22.5 Å². The highest BCUT2D eigenvalue weighted by Crippen LogP contribution is 2.22. The van der Waals surface area contributed by atoms with Gasteiger partial charge in [0.15, 0.2) is 0 Å². The summed E-state index contributed by atoms with van der Waals surface area (Å²) in [6.45, 7) is 1.11. The summed E-state index contributed by atoms with van der Waals surface area (Å²) in [5.41, 5.74) is -0.150. The highest BCUT2D eigenvalue weighted by atomic mass is 16.6. The van der Waals surface area contributed by atoms with Crippen LogP contribution in [0.5, 0.6) is 0 Å². The Morgan fingerprint density at radius 1 is 1.56 bits per heavy atom. The van der Waals surface area contributed by atoms with Crippen LogP contribution in [0.4, 0.5) is 11.6 Å². The third-order valence-corrected chi connectivity index (χ3v) is 2.84. The summed E-state index contributed by atoms with van der Waals surface area (Å²) in [6, 6.07) is 0. The van der Waals surface area contributed by atoms with Gasteiger partial charge in [-0.1, -0.05) is 0 Å². The SMILES string of the molecule is COC(=O)C1CCN(c2ncc([N+](=O)[O-])cn2)C1. The van der Waals surface area contributed by atoms with Crippen LogP contribution in [-0.4, -0.2) is 41.1 Å². The standard InChI is InChI=1S/C10H12N4O4/c1-18-9(15)7-2-3-13(6-7)10-11-4-8(5-12-10)14(16)17/h4-5,7H,2-3,6H2,1H3. The van der Waals surface area contributed by atoms with Gasteiger partial charge in [0.25, 0.3) is 0 Å². The molecule has 1 fully saturated rings. The first-order chi connectivity index (χ1) is 8.61. The van der Waals surface area contributed by atoms with Gasteiger partial charge in [-0.3, -0.25) is 14.9 Å². The molecule has 1 saturated heterocycles. The first-order valence-electron chi connectivity index (χ1n) is 5.41. The Bertz CT molecular complexity index is 461. The van der Waals surface area contributed by atoms with Crippen LogP contribution >= 0.6 is 0 Å². The molecule has 1 aliphatic heterocycles. The Morgan fingerprint density at radius 3 is 2.78 bits per heavy atom. The first-order valence-corrected chi connectivity index (χ1v) is 5.41. The van der Waals surface area contributed by atoms with Crippen molar-refractivity contribution < 1.29 is 14.5 Å². The van der Waals surface area contributed by atoms with Gasteiger partial charge in [0.2, 0.25) is 5.95 Å². The van der Waals surface area contributed by atoms with Crippen LogP contribution in [0.1, 0.15) is 6.42 Å². The molecule has 0 saturated carbocycles. The molecule has 0 spiro atoms. The van der Waals surface area contributed by atoms with Crippen molar-refractivity contribution in [3.8, 4) is 0 Å². The summed E-state index contributed by atoms with van der Waals surface area (Å²) >= 11 is 0. The molecule has 0 radical (unpaired) electrons. The number of esters is 1. The third kappa shape index (κ3) is 2.36. The van der Waals surface area contributed by atoms with Crippen molar-refractivity contribution in [1.82, 2.24) is 9.97 Å². The fraction of sp³-hybridized carbons (Fsp3) is 0.500. The van der Waals surface area contributed by atoms with E-state index >= 15 is 0 Å². The van der Waals surface area contributed by atoms with E-state index in [2.05, 4.69) is 14.7 Å². The third-order valence-electron chi connectivity index (χ3n) is 2.84. The highest BCUT2D eigenvalue weighted by molar-refractivity contribution is 5.73. The average molecular weight is 252 g/mol. The number of methoxy groups -OCH3 is 1. The Balaban J connectivity index is 2.05. The fourth-order valence-electron chi connectivity index (χ4n) is 1.87. The molecular formula is C10H12N4O4. The number of nitrogens with zero attached hydrogens (tertiary/aromatic N) is 4. The van der Waals surface area contributed by atoms with Gasteiger partial charge in [-0.25, -0.2) is 9.97 Å². The minimum Gasteiger partial charge on any atom is -0.469 e. The quantitative estimate of drug-likeness (QED) is 0.435. The normalized spacial score (nSPS) is 18.7. The number of carbonyl (C=O) groups is 1. The highest BCUT2D eigenvalue weighted by Gasteiger charge is 2.30. The average Bonchev–Trinajstić information content (AvgIpc) is 2.87. The number of hydrogen-bond donors (Lipinski definition) is 0. The van der Waals surface area contributed by atoms with Crippen LogP contribution in [0.3, 0.4) is 0 Å². The van der Waals surface area contributed by atoms with Gasteiger partial charge in [0, 0.05) is 13.1 Å². The molecule has 0 bridgehead atoms. The summed E-state index contributed by atoms with van der Waals surface area (Å²) < 4.78 is 4.67. The zero-order valence-electron chi connectivity index (χ0n) is 9.78. The van der Waals surface area contributed by atoms with E-state index in [0.29, 0.717) is 25.5 Å². The summed E-state index contributed by atoms with van der Waals surface area (Å²) in [5.74, 6) is -0.0415. The molecule has 1 aromatic heterocycles. The van der Waals surface area contributed by atoms with Crippen LogP contribution in [-0.2, 0) is 9.53 Å². The number of aromatic nitrogens is 2. The number of hydrogen-bond acceptors (Lipinski definition) is 7.